The van der Waals surface area contributed by atoms with Gasteiger partial charge in [0.1, 0.15) is 0 Å². The molecule has 1 fully saturated rings. The molecule has 0 amide bonds. The predicted octanol–water partition coefficient (Wildman–Crippen LogP) is 3.66. The van der Waals surface area contributed by atoms with E-state index in [2.05, 4.69) is 44.8 Å². The summed E-state index contributed by atoms with van der Waals surface area (Å²) in [7, 11) is 0. The van der Waals surface area contributed by atoms with Crippen molar-refractivity contribution in [2.75, 3.05) is 5.32 Å². The number of rotatable bonds is 4. The van der Waals surface area contributed by atoms with E-state index in [9.17, 15) is 0 Å². The number of imidazole rings is 1. The lowest BCUT2D eigenvalue weighted by Gasteiger charge is -2.14. The van der Waals surface area contributed by atoms with Crippen molar-refractivity contribution in [3.8, 4) is 0 Å². The van der Waals surface area contributed by atoms with Crippen LogP contribution in [-0.4, -0.2) is 15.6 Å². The van der Waals surface area contributed by atoms with Gasteiger partial charge in [-0.2, -0.15) is 11.3 Å². The Labute approximate surface area is 112 Å². The van der Waals surface area contributed by atoms with Gasteiger partial charge in [-0.1, -0.05) is 12.8 Å². The molecule has 0 bridgehead atoms. The van der Waals surface area contributed by atoms with Crippen LogP contribution in [0.25, 0.3) is 0 Å². The highest BCUT2D eigenvalue weighted by atomic mass is 32.1. The van der Waals surface area contributed by atoms with Crippen LogP contribution in [0.1, 0.15) is 36.9 Å². The van der Waals surface area contributed by atoms with Gasteiger partial charge >= 0.3 is 0 Å². The summed E-state index contributed by atoms with van der Waals surface area (Å²) in [5, 5.41) is 7.93. The van der Waals surface area contributed by atoms with E-state index in [1.165, 1.54) is 31.2 Å². The zero-order chi connectivity index (χ0) is 12.4. The van der Waals surface area contributed by atoms with Crippen molar-refractivity contribution in [1.82, 2.24) is 9.55 Å². The molecule has 18 heavy (non-hydrogen) atoms. The summed E-state index contributed by atoms with van der Waals surface area (Å²) in [6.45, 7) is 2.98. The van der Waals surface area contributed by atoms with Gasteiger partial charge in [0.05, 0.1) is 12.2 Å². The lowest BCUT2D eigenvalue weighted by Crippen LogP contribution is -2.18. The van der Waals surface area contributed by atoms with E-state index >= 15 is 0 Å². The minimum atomic E-state index is 0.619. The second kappa shape index (κ2) is 5.14. The molecule has 2 aromatic rings. The number of anilines is 1. The molecule has 0 unspecified atom stereocenters. The molecule has 0 aromatic carbocycles. The van der Waals surface area contributed by atoms with Crippen molar-refractivity contribution in [3.05, 3.63) is 34.3 Å². The maximum absolute atomic E-state index is 4.61. The Balaban J connectivity index is 1.76. The molecule has 0 atom stereocenters. The lowest BCUT2D eigenvalue weighted by atomic mass is 10.2. The number of nitrogens with zero attached hydrogens (tertiary/aromatic N) is 2. The van der Waals surface area contributed by atoms with E-state index in [1.807, 2.05) is 0 Å². The number of aromatic nitrogens is 2. The molecule has 3 rings (SSSR count). The normalized spacial score (nSPS) is 16.3. The van der Waals surface area contributed by atoms with Crippen molar-refractivity contribution in [2.45, 2.75) is 45.2 Å². The standard InChI is InChI=1S/C14H19N3S/c1-11-8-17(9-12-6-7-18-10-12)14(15-11)16-13-4-2-3-5-13/h6-8,10,13H,2-5,9H2,1H3,(H,15,16). The number of aryl methyl sites for hydroxylation is 1. The van der Waals surface area contributed by atoms with E-state index in [0.717, 1.165) is 18.2 Å². The molecule has 2 heterocycles. The first-order valence-electron chi connectivity index (χ1n) is 6.62. The SMILES string of the molecule is Cc1cn(Cc2ccsc2)c(NC2CCCC2)n1. The first-order chi connectivity index (χ1) is 8.81. The molecule has 0 saturated heterocycles. The Hall–Kier alpha value is -1.29. The number of hydrogen-bond donors (Lipinski definition) is 1. The van der Waals surface area contributed by atoms with Gasteiger partial charge in [-0.3, -0.25) is 0 Å². The second-order valence-corrected chi connectivity index (χ2v) is 5.87. The third kappa shape index (κ3) is 2.58. The first-order valence-corrected chi connectivity index (χ1v) is 7.57. The molecule has 0 aliphatic heterocycles. The van der Waals surface area contributed by atoms with E-state index in [1.54, 1.807) is 11.3 Å². The van der Waals surface area contributed by atoms with Gasteiger partial charge in [0.2, 0.25) is 5.95 Å². The van der Waals surface area contributed by atoms with Gasteiger partial charge in [0.25, 0.3) is 0 Å². The van der Waals surface area contributed by atoms with E-state index < -0.39 is 0 Å². The molecule has 1 saturated carbocycles. The summed E-state index contributed by atoms with van der Waals surface area (Å²) in [4.78, 5) is 4.61. The van der Waals surface area contributed by atoms with Crippen LogP contribution in [0.2, 0.25) is 0 Å². The monoisotopic (exact) mass is 261 g/mol. The van der Waals surface area contributed by atoms with Crippen LogP contribution in [0, 0.1) is 6.92 Å². The summed E-state index contributed by atoms with van der Waals surface area (Å²) in [6, 6.07) is 2.80. The summed E-state index contributed by atoms with van der Waals surface area (Å²) < 4.78 is 2.23. The van der Waals surface area contributed by atoms with Crippen LogP contribution in [0.15, 0.2) is 23.0 Å². The smallest absolute Gasteiger partial charge is 0.203 e. The van der Waals surface area contributed by atoms with Crippen molar-refractivity contribution in [1.29, 1.82) is 0 Å². The van der Waals surface area contributed by atoms with Gasteiger partial charge < -0.3 is 9.88 Å². The molecule has 1 N–H and O–H groups in total. The van der Waals surface area contributed by atoms with Crippen LogP contribution in [0.5, 0.6) is 0 Å². The molecule has 1 aliphatic rings. The van der Waals surface area contributed by atoms with Gasteiger partial charge in [0.15, 0.2) is 0 Å². The van der Waals surface area contributed by atoms with Crippen LogP contribution in [-0.2, 0) is 6.54 Å². The summed E-state index contributed by atoms with van der Waals surface area (Å²) in [6.07, 6.45) is 7.40. The topological polar surface area (TPSA) is 29.9 Å². The van der Waals surface area contributed by atoms with Crippen LogP contribution in [0.4, 0.5) is 5.95 Å². The third-order valence-electron chi connectivity index (χ3n) is 3.52. The molecular formula is C14H19N3S. The third-order valence-corrected chi connectivity index (χ3v) is 4.25. The Morgan fingerprint density at radius 3 is 3.00 bits per heavy atom. The van der Waals surface area contributed by atoms with E-state index in [0.29, 0.717) is 6.04 Å². The Morgan fingerprint density at radius 1 is 1.44 bits per heavy atom. The van der Waals surface area contributed by atoms with Crippen molar-refractivity contribution < 1.29 is 0 Å². The van der Waals surface area contributed by atoms with E-state index in [-0.39, 0.29) is 0 Å². The molecule has 0 spiro atoms. The predicted molar refractivity (Wildman–Crippen MR) is 76.3 cm³/mol. The second-order valence-electron chi connectivity index (χ2n) is 5.09. The lowest BCUT2D eigenvalue weighted by molar-refractivity contribution is 0.717. The average Bonchev–Trinajstić information content (AvgIpc) is 3.03. The fourth-order valence-electron chi connectivity index (χ4n) is 2.61. The minimum absolute atomic E-state index is 0.619. The van der Waals surface area contributed by atoms with Gasteiger partial charge in [0, 0.05) is 12.2 Å². The molecule has 96 valence electrons. The average molecular weight is 261 g/mol. The fraction of sp³-hybridized carbons (Fsp3) is 0.500. The van der Waals surface area contributed by atoms with Crippen molar-refractivity contribution >= 4 is 17.3 Å². The summed E-state index contributed by atoms with van der Waals surface area (Å²) in [5.41, 5.74) is 2.44. The summed E-state index contributed by atoms with van der Waals surface area (Å²) in [5.74, 6) is 1.03. The van der Waals surface area contributed by atoms with Gasteiger partial charge in [-0.15, -0.1) is 0 Å². The maximum atomic E-state index is 4.61. The zero-order valence-electron chi connectivity index (χ0n) is 10.7. The van der Waals surface area contributed by atoms with Gasteiger partial charge in [-0.25, -0.2) is 4.98 Å². The highest BCUT2D eigenvalue weighted by molar-refractivity contribution is 7.07. The van der Waals surface area contributed by atoms with Crippen molar-refractivity contribution in [3.63, 3.8) is 0 Å². The largest absolute Gasteiger partial charge is 0.353 e. The number of hydrogen-bond acceptors (Lipinski definition) is 3. The van der Waals surface area contributed by atoms with Crippen LogP contribution < -0.4 is 5.32 Å². The molecule has 1 aliphatic carbocycles. The van der Waals surface area contributed by atoms with Crippen LogP contribution in [0.3, 0.4) is 0 Å². The van der Waals surface area contributed by atoms with Crippen molar-refractivity contribution in [2.24, 2.45) is 0 Å². The van der Waals surface area contributed by atoms with E-state index in [4.69, 9.17) is 0 Å². The van der Waals surface area contributed by atoms with Gasteiger partial charge in [-0.05, 0) is 42.2 Å². The highest BCUT2D eigenvalue weighted by Crippen LogP contribution is 2.22. The first kappa shape index (κ1) is 11.8. The maximum Gasteiger partial charge on any atom is 0.203 e. The molecule has 3 nitrogen and oxygen atoms in total. The Kier molecular flexibility index (Phi) is 3.37. The zero-order valence-corrected chi connectivity index (χ0v) is 11.5. The Bertz CT molecular complexity index is 495. The highest BCUT2D eigenvalue weighted by Gasteiger charge is 2.17. The Morgan fingerprint density at radius 2 is 2.28 bits per heavy atom. The quantitative estimate of drug-likeness (QED) is 0.910. The number of nitrogens with one attached hydrogen (secondary N) is 1. The minimum Gasteiger partial charge on any atom is -0.353 e. The fourth-order valence-corrected chi connectivity index (χ4v) is 3.27. The molecule has 0 radical (unpaired) electrons. The molecule has 4 heteroatoms. The number of thiophene rings is 1. The van der Waals surface area contributed by atoms with Crippen LogP contribution >= 0.6 is 11.3 Å². The summed E-state index contributed by atoms with van der Waals surface area (Å²) >= 11 is 1.75. The molecular weight excluding hydrogens is 242 g/mol. The molecule has 2 aromatic heterocycles.